The highest BCUT2D eigenvalue weighted by Crippen LogP contribution is 2.34. The number of anilines is 2. The van der Waals surface area contributed by atoms with Gasteiger partial charge < -0.3 is 61.0 Å². The van der Waals surface area contributed by atoms with Crippen molar-refractivity contribution in [1.82, 2.24) is 10.6 Å². The number of carboxylic acid groups (broad SMARTS) is 1. The number of unbranched alkanes of at least 4 members (excludes halogenated alkanes) is 3. The van der Waals surface area contributed by atoms with Crippen molar-refractivity contribution >= 4 is 29.2 Å². The minimum Gasteiger partial charge on any atom is -0.477 e. The van der Waals surface area contributed by atoms with E-state index in [1.54, 1.807) is 0 Å². The number of alkyl halides is 2. The van der Waals surface area contributed by atoms with Crippen LogP contribution in [0.3, 0.4) is 0 Å². The number of carbonyl (C=O) groups is 3. The van der Waals surface area contributed by atoms with E-state index in [0.29, 0.717) is 37.8 Å². The summed E-state index contributed by atoms with van der Waals surface area (Å²) >= 11 is 0. The summed E-state index contributed by atoms with van der Waals surface area (Å²) in [6.07, 6.45) is -3.90. The summed E-state index contributed by atoms with van der Waals surface area (Å²) < 4.78 is 42.0. The molecule has 19 heteroatoms. The number of carbonyl (C=O) groups excluding carboxylic acids is 2. The van der Waals surface area contributed by atoms with Crippen molar-refractivity contribution in [3.05, 3.63) is 55.8 Å². The molecule has 0 radical (unpaired) electrons. The topological polar surface area (TPSA) is 262 Å². The number of carboxylic acids is 1. The van der Waals surface area contributed by atoms with Crippen molar-refractivity contribution in [3.63, 3.8) is 0 Å². The van der Waals surface area contributed by atoms with Crippen LogP contribution in [0.15, 0.2) is 33.9 Å². The number of aliphatic hydroxyl groups excluding tert-OH is 4. The first-order valence-corrected chi connectivity index (χ1v) is 17.2. The summed E-state index contributed by atoms with van der Waals surface area (Å²) in [7, 11) is 0. The van der Waals surface area contributed by atoms with Crippen molar-refractivity contribution in [2.24, 2.45) is 0 Å². The number of benzene rings is 1. The number of nitrogens with one attached hydrogen (secondary N) is 4. The molecule has 1 aliphatic rings. The predicted molar refractivity (Wildman–Crippen MR) is 187 cm³/mol. The fourth-order valence-corrected chi connectivity index (χ4v) is 5.67. The fraction of sp³-hybridized carbons (Fsp3) is 0.571. The highest BCUT2D eigenvalue weighted by Gasteiger charge is 2.55. The standard InChI is InChI=1S/C35H46F2N4O13/c1-2-13-52-15-12-39-28-27(30(48)31(28)49)38-11-5-3-4-6-14-53-35(34(50)51)17-22(43)26(41-25(46)19-42)32(54-35)29(47)23(44)18-40-24(45)16-20-7-9-21(10-8-20)33(36)37/h1,7-10,22-23,26,29,32-33,38-39,42-44,47H,3-6,11-19H2,(H,40,45)(H,41,46)(H,50,51)/t22-,23+,26+,29+,32+,35+/m0/s1. The van der Waals surface area contributed by atoms with Crippen LogP contribution in [-0.4, -0.2) is 126 Å². The average Bonchev–Trinajstić information content (AvgIpc) is 3.15. The summed E-state index contributed by atoms with van der Waals surface area (Å²) in [5.41, 5.74) is -0.774. The highest BCUT2D eigenvalue weighted by molar-refractivity contribution is 5.79. The molecule has 1 fully saturated rings. The van der Waals surface area contributed by atoms with Crippen molar-refractivity contribution in [1.29, 1.82) is 0 Å². The Kier molecular flexibility index (Phi) is 17.4. The molecule has 17 nitrogen and oxygen atoms in total. The smallest absolute Gasteiger partial charge is 0.364 e. The Bertz CT molecular complexity index is 1650. The molecule has 54 heavy (non-hydrogen) atoms. The zero-order valence-electron chi connectivity index (χ0n) is 29.3. The summed E-state index contributed by atoms with van der Waals surface area (Å²) in [5.74, 6) is -3.53. The minimum atomic E-state index is -2.69. The molecule has 0 unspecified atom stereocenters. The van der Waals surface area contributed by atoms with E-state index in [1.165, 1.54) is 12.1 Å². The van der Waals surface area contributed by atoms with E-state index in [-0.39, 0.29) is 49.7 Å². The second-order valence-electron chi connectivity index (χ2n) is 12.5. The van der Waals surface area contributed by atoms with Crippen molar-refractivity contribution in [2.45, 2.75) is 81.2 Å². The number of rotatable bonds is 24. The molecule has 2 amide bonds. The van der Waals surface area contributed by atoms with Gasteiger partial charge in [-0.05, 0) is 18.4 Å². The lowest BCUT2D eigenvalue weighted by molar-refractivity contribution is -0.310. The summed E-state index contributed by atoms with van der Waals surface area (Å²) in [4.78, 5) is 60.8. The van der Waals surface area contributed by atoms with Crippen LogP contribution in [0.1, 0.15) is 49.7 Å². The van der Waals surface area contributed by atoms with Crippen LogP contribution in [0.4, 0.5) is 20.2 Å². The van der Waals surface area contributed by atoms with E-state index in [2.05, 4.69) is 27.2 Å². The predicted octanol–water partition coefficient (Wildman–Crippen LogP) is -1.24. The first-order valence-electron chi connectivity index (χ1n) is 17.2. The maximum absolute atomic E-state index is 12.8. The molecule has 0 aliphatic carbocycles. The van der Waals surface area contributed by atoms with Gasteiger partial charge in [-0.3, -0.25) is 19.2 Å². The van der Waals surface area contributed by atoms with Gasteiger partial charge in [-0.1, -0.05) is 43.0 Å². The number of ether oxygens (including phenoxy) is 3. The van der Waals surface area contributed by atoms with E-state index in [9.17, 15) is 58.3 Å². The summed E-state index contributed by atoms with van der Waals surface area (Å²) in [6, 6.07) is 3.46. The first-order chi connectivity index (χ1) is 25.7. The molecule has 1 saturated heterocycles. The van der Waals surface area contributed by atoms with Crippen LogP contribution in [0.2, 0.25) is 0 Å². The number of hydrogen-bond acceptors (Lipinski definition) is 14. The molecule has 2 aromatic carbocycles. The maximum atomic E-state index is 12.8. The third-order valence-corrected chi connectivity index (χ3v) is 8.56. The SMILES string of the molecule is C#CCOCCNc1c(NCCCCCCO[C@]2(C(=O)O)C[C@H](O)[C@@H](NC(=O)CO)[C@H]([C@H](O)[C@H](O)CNC(=O)Cc3ccc(C(F)F)cc3)O2)c(=O)c1=O. The third kappa shape index (κ3) is 12.2. The molecule has 0 bridgehead atoms. The van der Waals surface area contributed by atoms with Crippen molar-refractivity contribution in [2.75, 3.05) is 56.7 Å². The molecule has 3 rings (SSSR count). The van der Waals surface area contributed by atoms with Crippen molar-refractivity contribution in [3.8, 4) is 12.3 Å². The number of amides is 2. The van der Waals surface area contributed by atoms with Crippen molar-refractivity contribution < 1.29 is 62.9 Å². The van der Waals surface area contributed by atoms with E-state index in [0.717, 1.165) is 12.1 Å². The number of hydrogen-bond donors (Lipinski definition) is 9. The summed E-state index contributed by atoms with van der Waals surface area (Å²) in [6.45, 7) is -0.797. The van der Waals surface area contributed by atoms with E-state index in [4.69, 9.17) is 20.6 Å². The largest absolute Gasteiger partial charge is 0.477 e. The van der Waals surface area contributed by atoms with Gasteiger partial charge in [-0.15, -0.1) is 6.42 Å². The van der Waals surface area contributed by atoms with Gasteiger partial charge in [0.25, 0.3) is 23.1 Å². The lowest BCUT2D eigenvalue weighted by atomic mass is 9.88. The van der Waals surface area contributed by atoms with Gasteiger partial charge in [-0.25, -0.2) is 13.6 Å². The Morgan fingerprint density at radius 3 is 2.24 bits per heavy atom. The molecule has 9 N–H and O–H groups in total. The molecule has 6 atom stereocenters. The van der Waals surface area contributed by atoms with Gasteiger partial charge in [0.05, 0.1) is 37.9 Å². The van der Waals surface area contributed by atoms with E-state index >= 15 is 0 Å². The van der Waals surface area contributed by atoms with Gasteiger partial charge in [0.1, 0.15) is 36.8 Å². The van der Waals surface area contributed by atoms with E-state index in [1.807, 2.05) is 0 Å². The molecule has 0 saturated carbocycles. The molecule has 0 aromatic heterocycles. The normalized spacial score (nSPS) is 20.9. The number of terminal acetylenes is 1. The Morgan fingerprint density at radius 1 is 0.981 bits per heavy atom. The second-order valence-corrected chi connectivity index (χ2v) is 12.5. The molecular weight excluding hydrogens is 722 g/mol. The lowest BCUT2D eigenvalue weighted by Gasteiger charge is -2.46. The number of aliphatic hydroxyl groups is 4. The number of halogens is 2. The minimum absolute atomic E-state index is 0.119. The molecule has 298 valence electrons. The van der Waals surface area contributed by atoms with Gasteiger partial charge in [0, 0.05) is 31.6 Å². The van der Waals surface area contributed by atoms with Gasteiger partial charge in [-0.2, -0.15) is 0 Å². The second kappa shape index (κ2) is 21.4. The monoisotopic (exact) mass is 768 g/mol. The van der Waals surface area contributed by atoms with Crippen LogP contribution in [0.25, 0.3) is 0 Å². The maximum Gasteiger partial charge on any atom is 0.364 e. The molecule has 0 spiro atoms. The Balaban J connectivity index is 1.53. The highest BCUT2D eigenvalue weighted by atomic mass is 19.3. The zero-order valence-corrected chi connectivity index (χ0v) is 29.3. The van der Waals surface area contributed by atoms with Crippen LogP contribution in [-0.2, 0) is 35.0 Å². The Morgan fingerprint density at radius 2 is 1.63 bits per heavy atom. The molecule has 2 aromatic rings. The third-order valence-electron chi connectivity index (χ3n) is 8.56. The molecule has 1 aliphatic heterocycles. The average molecular weight is 769 g/mol. The number of aliphatic carboxylic acids is 1. The van der Waals surface area contributed by atoms with Crippen LogP contribution in [0, 0.1) is 12.3 Å². The Labute approximate surface area is 308 Å². The van der Waals surface area contributed by atoms with Gasteiger partial charge >= 0.3 is 5.97 Å². The van der Waals surface area contributed by atoms with Gasteiger partial charge in [0.2, 0.25) is 11.8 Å². The van der Waals surface area contributed by atoms with E-state index < -0.39 is 90.9 Å². The zero-order chi connectivity index (χ0) is 39.8. The van der Waals surface area contributed by atoms with Crippen LogP contribution < -0.4 is 32.1 Å². The summed E-state index contributed by atoms with van der Waals surface area (Å²) in [5, 5.41) is 62.5. The van der Waals surface area contributed by atoms with Crippen LogP contribution >= 0.6 is 0 Å². The quantitative estimate of drug-likeness (QED) is 0.0344. The molecular formula is C35H46F2N4O13. The fourth-order valence-electron chi connectivity index (χ4n) is 5.67. The Hall–Kier alpha value is -4.55. The lowest BCUT2D eigenvalue weighted by Crippen LogP contribution is -2.68. The molecule has 1 heterocycles. The van der Waals surface area contributed by atoms with Gasteiger partial charge in [0.15, 0.2) is 0 Å². The van der Waals surface area contributed by atoms with Crippen LogP contribution in [0.5, 0.6) is 0 Å². The first kappa shape index (κ1) is 43.9.